The van der Waals surface area contributed by atoms with Gasteiger partial charge >= 0.3 is 0 Å². The maximum absolute atomic E-state index is 13.4. The molecule has 49 heavy (non-hydrogen) atoms. The number of nitrogens with zero attached hydrogens (tertiary/aromatic N) is 2. The highest BCUT2D eigenvalue weighted by molar-refractivity contribution is 5.86. The Kier molecular flexibility index (Phi) is 8.76. The van der Waals surface area contributed by atoms with Crippen LogP contribution < -0.4 is 10.6 Å². The summed E-state index contributed by atoms with van der Waals surface area (Å²) in [5.74, 6) is -4.76. The molecule has 3 heterocycles. The number of fused-ring (bicyclic) bond motifs is 1. The number of imidazole rings is 2. The van der Waals surface area contributed by atoms with Crippen molar-refractivity contribution in [3.8, 4) is 33.8 Å². The molecule has 2 saturated carbocycles. The highest BCUT2D eigenvalue weighted by atomic mass is 19.3. The van der Waals surface area contributed by atoms with Crippen LogP contribution in [0, 0.1) is 11.8 Å². The molecule has 2 fully saturated rings. The van der Waals surface area contributed by atoms with Gasteiger partial charge in [0, 0.05) is 54.0 Å². The van der Waals surface area contributed by atoms with E-state index >= 15 is 0 Å². The first-order valence-corrected chi connectivity index (χ1v) is 16.5. The lowest BCUT2D eigenvalue weighted by molar-refractivity contribution is -0.130. The molecule has 0 spiro atoms. The molecule has 3 aromatic heterocycles. The first-order valence-electron chi connectivity index (χ1n) is 16.5. The Bertz CT molecular complexity index is 1940. The van der Waals surface area contributed by atoms with Gasteiger partial charge in [-0.1, -0.05) is 36.4 Å². The summed E-state index contributed by atoms with van der Waals surface area (Å²) in [7, 11) is 0. The van der Waals surface area contributed by atoms with Gasteiger partial charge in [0.2, 0.25) is 23.7 Å². The zero-order chi connectivity index (χ0) is 34.2. The first-order chi connectivity index (χ1) is 23.5. The molecule has 0 aliphatic heterocycles. The molecule has 2 aliphatic carbocycles. The van der Waals surface area contributed by atoms with Crippen LogP contribution in [0.15, 0.2) is 65.3 Å². The van der Waals surface area contributed by atoms with Gasteiger partial charge in [-0.05, 0) is 43.4 Å². The Morgan fingerprint density at radius 2 is 1.16 bits per heavy atom. The fourth-order valence-corrected chi connectivity index (χ4v) is 6.59. The molecule has 0 atom stereocenters. The minimum atomic E-state index is -2.67. The lowest BCUT2D eigenvalue weighted by atomic mass is 9.86. The number of benzene rings is 2. The van der Waals surface area contributed by atoms with Crippen molar-refractivity contribution in [2.45, 2.75) is 76.3 Å². The summed E-state index contributed by atoms with van der Waals surface area (Å²) in [6, 6.07) is 15.6. The zero-order valence-corrected chi connectivity index (χ0v) is 26.6. The van der Waals surface area contributed by atoms with Crippen LogP contribution in [0.5, 0.6) is 0 Å². The topological polar surface area (TPSA) is 129 Å². The number of carbonyl (C=O) groups excluding carboxylic acids is 2. The molecule has 2 amide bonds. The molecule has 5 aromatic rings. The molecule has 256 valence electrons. The highest BCUT2D eigenvalue weighted by Crippen LogP contribution is 2.37. The molecule has 7 rings (SSSR count). The summed E-state index contributed by atoms with van der Waals surface area (Å²) in [6.45, 7) is 0.366. The molecule has 13 heteroatoms. The maximum Gasteiger partial charge on any atom is 0.248 e. The third kappa shape index (κ3) is 7.55. The van der Waals surface area contributed by atoms with Gasteiger partial charge in [0.15, 0.2) is 0 Å². The van der Waals surface area contributed by atoms with Crippen molar-refractivity contribution in [1.29, 1.82) is 0 Å². The lowest BCUT2D eigenvalue weighted by Crippen LogP contribution is -2.35. The molecule has 0 unspecified atom stereocenters. The number of rotatable bonds is 9. The van der Waals surface area contributed by atoms with Crippen molar-refractivity contribution in [3.05, 3.63) is 72.6 Å². The number of amides is 2. The Morgan fingerprint density at radius 3 is 1.69 bits per heavy atom. The summed E-state index contributed by atoms with van der Waals surface area (Å²) in [6.07, 6.45) is 3.09. The van der Waals surface area contributed by atoms with E-state index in [9.17, 15) is 27.2 Å². The lowest BCUT2D eigenvalue weighted by Gasteiger charge is -2.27. The maximum atomic E-state index is 13.4. The third-order valence-corrected chi connectivity index (χ3v) is 9.60. The van der Waals surface area contributed by atoms with Gasteiger partial charge in [-0.3, -0.25) is 9.59 Å². The van der Waals surface area contributed by atoms with Crippen molar-refractivity contribution >= 4 is 22.8 Å². The van der Waals surface area contributed by atoms with Gasteiger partial charge in [-0.15, -0.1) is 0 Å². The number of aromatic nitrogens is 4. The van der Waals surface area contributed by atoms with Gasteiger partial charge in [0.1, 0.15) is 23.0 Å². The van der Waals surface area contributed by atoms with Crippen LogP contribution in [-0.4, -0.2) is 43.6 Å². The number of carbonyl (C=O) groups is 2. The average Bonchev–Trinajstić information content (AvgIpc) is 3.86. The summed E-state index contributed by atoms with van der Waals surface area (Å²) < 4.78 is 59.9. The van der Waals surface area contributed by atoms with Gasteiger partial charge < -0.3 is 25.0 Å². The molecule has 0 radical (unpaired) electrons. The second kappa shape index (κ2) is 13.2. The molecule has 0 bridgehead atoms. The summed E-state index contributed by atoms with van der Waals surface area (Å²) >= 11 is 0. The summed E-state index contributed by atoms with van der Waals surface area (Å²) in [4.78, 5) is 40.1. The number of aromatic amines is 2. The molecular weight excluding hydrogens is 640 g/mol. The minimum absolute atomic E-state index is 0.178. The van der Waals surface area contributed by atoms with E-state index in [0.717, 1.165) is 33.5 Å². The standard InChI is InChI=1S/C36H36F4N6O3/c37-35(38)11-7-23(8-12-35)33(47)43-19-31-41-17-27(45-31)21-1-3-22(4-2-21)29-16-26-6-5-25(15-30(26)49-29)28-18-42-32(46-28)20-44-34(48)24-9-13-36(39,40)14-10-24/h1-6,15-18,23-24H,7-14,19-20H2,(H,41,45)(H,42,46)(H,43,47)(H,44,48). The molecule has 4 N–H and O–H groups in total. The fourth-order valence-electron chi connectivity index (χ4n) is 6.59. The first kappa shape index (κ1) is 32.6. The minimum Gasteiger partial charge on any atom is -0.456 e. The molecule has 0 saturated heterocycles. The van der Waals surface area contributed by atoms with E-state index < -0.39 is 23.7 Å². The third-order valence-electron chi connectivity index (χ3n) is 9.60. The van der Waals surface area contributed by atoms with Gasteiger partial charge in [0.05, 0.1) is 36.9 Å². The van der Waals surface area contributed by atoms with Crippen LogP contribution in [0.2, 0.25) is 0 Å². The van der Waals surface area contributed by atoms with Crippen molar-refractivity contribution in [2.75, 3.05) is 0 Å². The molecule has 2 aromatic carbocycles. The molecular formula is C36H36F4N6O3. The van der Waals surface area contributed by atoms with E-state index in [4.69, 9.17) is 4.42 Å². The molecule has 2 aliphatic rings. The van der Waals surface area contributed by atoms with E-state index in [2.05, 4.69) is 30.6 Å². The Hall–Kier alpha value is -4.94. The Labute approximate surface area is 279 Å². The number of halogens is 4. The predicted molar refractivity (Wildman–Crippen MR) is 174 cm³/mol. The summed E-state index contributed by atoms with van der Waals surface area (Å²) in [5.41, 5.74) is 4.86. The second-order valence-corrected chi connectivity index (χ2v) is 13.1. The van der Waals surface area contributed by atoms with Crippen molar-refractivity contribution in [1.82, 2.24) is 30.6 Å². The average molecular weight is 677 g/mol. The summed E-state index contributed by atoms with van der Waals surface area (Å²) in [5, 5.41) is 6.55. The Morgan fingerprint density at radius 1 is 0.694 bits per heavy atom. The monoisotopic (exact) mass is 676 g/mol. The second-order valence-electron chi connectivity index (χ2n) is 13.1. The van der Waals surface area contributed by atoms with Crippen LogP contribution >= 0.6 is 0 Å². The van der Waals surface area contributed by atoms with E-state index in [-0.39, 0.29) is 76.3 Å². The predicted octanol–water partition coefficient (Wildman–Crippen LogP) is 7.76. The van der Waals surface area contributed by atoms with E-state index in [0.29, 0.717) is 23.0 Å². The SMILES string of the molecule is O=C(NCc1ncc(-c2ccc(-c3cc4ccc(-c5cnc(CNC(=O)C6CCC(F)(F)CC6)[nH]5)cc4o3)cc2)[nH]1)C1CCC(F)(F)CC1. The van der Waals surface area contributed by atoms with Gasteiger partial charge in [0.25, 0.3) is 0 Å². The quantitative estimate of drug-likeness (QED) is 0.119. The van der Waals surface area contributed by atoms with Crippen LogP contribution in [0.3, 0.4) is 0 Å². The van der Waals surface area contributed by atoms with E-state index in [1.807, 2.05) is 48.5 Å². The zero-order valence-electron chi connectivity index (χ0n) is 26.6. The Balaban J connectivity index is 0.945. The van der Waals surface area contributed by atoms with E-state index in [1.165, 1.54) is 0 Å². The van der Waals surface area contributed by atoms with Crippen LogP contribution in [0.25, 0.3) is 44.8 Å². The van der Waals surface area contributed by atoms with Crippen molar-refractivity contribution < 1.29 is 31.6 Å². The highest BCUT2D eigenvalue weighted by Gasteiger charge is 2.38. The van der Waals surface area contributed by atoms with Crippen molar-refractivity contribution in [3.63, 3.8) is 0 Å². The fraction of sp³-hybridized carbons (Fsp3) is 0.389. The van der Waals surface area contributed by atoms with Crippen LogP contribution in [-0.2, 0) is 22.7 Å². The van der Waals surface area contributed by atoms with Crippen molar-refractivity contribution in [2.24, 2.45) is 11.8 Å². The smallest absolute Gasteiger partial charge is 0.248 e. The van der Waals surface area contributed by atoms with E-state index in [1.54, 1.807) is 12.4 Å². The van der Waals surface area contributed by atoms with Gasteiger partial charge in [-0.25, -0.2) is 27.5 Å². The number of furan rings is 1. The largest absolute Gasteiger partial charge is 0.456 e. The number of H-pyrrole nitrogens is 2. The van der Waals surface area contributed by atoms with Crippen LogP contribution in [0.4, 0.5) is 17.6 Å². The normalized spacial score (nSPS) is 18.0. The number of nitrogens with one attached hydrogen (secondary N) is 4. The number of hydrogen-bond acceptors (Lipinski definition) is 5. The number of hydrogen-bond donors (Lipinski definition) is 4. The number of alkyl halides is 4. The van der Waals surface area contributed by atoms with Crippen LogP contribution in [0.1, 0.15) is 63.0 Å². The van der Waals surface area contributed by atoms with Gasteiger partial charge in [-0.2, -0.15) is 0 Å². The molecule has 9 nitrogen and oxygen atoms in total.